The molecule has 0 aliphatic carbocycles. The van der Waals surface area contributed by atoms with Crippen LogP contribution in [0, 0.1) is 32.4 Å². The molecule has 1 atom stereocenters. The number of halogens is 2. The maximum atomic E-state index is 14.2. The van der Waals surface area contributed by atoms with Crippen LogP contribution in [0.25, 0.3) is 0 Å². The number of rotatable bonds is 3. The molecule has 2 nitrogen and oxygen atoms in total. The summed E-state index contributed by atoms with van der Waals surface area (Å²) in [7, 11) is 1.59. The monoisotopic (exact) mass is 291 g/mol. The van der Waals surface area contributed by atoms with Crippen molar-refractivity contribution in [2.24, 2.45) is 5.73 Å². The first-order valence-electron chi connectivity index (χ1n) is 6.72. The summed E-state index contributed by atoms with van der Waals surface area (Å²) >= 11 is 0. The van der Waals surface area contributed by atoms with Gasteiger partial charge in [-0.05, 0) is 49.1 Å². The van der Waals surface area contributed by atoms with Gasteiger partial charge < -0.3 is 10.5 Å². The summed E-state index contributed by atoms with van der Waals surface area (Å²) in [5, 5.41) is 0. The van der Waals surface area contributed by atoms with Crippen LogP contribution < -0.4 is 10.5 Å². The fourth-order valence-corrected chi connectivity index (χ4v) is 2.62. The van der Waals surface area contributed by atoms with Crippen molar-refractivity contribution in [1.82, 2.24) is 0 Å². The van der Waals surface area contributed by atoms with Crippen LogP contribution in [0.3, 0.4) is 0 Å². The van der Waals surface area contributed by atoms with Crippen LogP contribution in [0.15, 0.2) is 24.3 Å². The summed E-state index contributed by atoms with van der Waals surface area (Å²) in [6.45, 7) is 5.35. The Morgan fingerprint density at radius 1 is 1.00 bits per heavy atom. The van der Waals surface area contributed by atoms with Crippen LogP contribution >= 0.6 is 0 Å². The summed E-state index contributed by atoms with van der Waals surface area (Å²) in [5.41, 5.74) is 8.81. The van der Waals surface area contributed by atoms with E-state index < -0.39 is 17.7 Å². The Kier molecular flexibility index (Phi) is 4.28. The van der Waals surface area contributed by atoms with Gasteiger partial charge in [0.25, 0.3) is 0 Å². The minimum absolute atomic E-state index is 0.0982. The number of nitrogens with two attached hydrogens (primary N) is 1. The molecule has 0 amide bonds. The number of aryl methyl sites for hydroxylation is 3. The maximum Gasteiger partial charge on any atom is 0.134 e. The van der Waals surface area contributed by atoms with E-state index in [9.17, 15) is 8.78 Å². The fourth-order valence-electron chi connectivity index (χ4n) is 2.62. The Morgan fingerprint density at radius 2 is 1.57 bits per heavy atom. The number of hydrogen-bond acceptors (Lipinski definition) is 2. The van der Waals surface area contributed by atoms with Gasteiger partial charge in [-0.25, -0.2) is 8.78 Å². The van der Waals surface area contributed by atoms with Crippen LogP contribution in [0.1, 0.15) is 33.9 Å². The van der Waals surface area contributed by atoms with Gasteiger partial charge in [-0.15, -0.1) is 0 Å². The highest BCUT2D eigenvalue weighted by molar-refractivity contribution is 5.46. The lowest BCUT2D eigenvalue weighted by atomic mass is 9.94. The highest BCUT2D eigenvalue weighted by atomic mass is 19.1. The molecule has 0 heterocycles. The molecule has 0 fully saturated rings. The average molecular weight is 291 g/mol. The van der Waals surface area contributed by atoms with Gasteiger partial charge in [0.15, 0.2) is 0 Å². The van der Waals surface area contributed by atoms with E-state index in [0.29, 0.717) is 11.1 Å². The van der Waals surface area contributed by atoms with E-state index in [1.807, 2.05) is 13.8 Å². The van der Waals surface area contributed by atoms with Crippen LogP contribution in [0.5, 0.6) is 5.75 Å². The second-order valence-corrected chi connectivity index (χ2v) is 5.26. The lowest BCUT2D eigenvalue weighted by Crippen LogP contribution is -2.17. The first kappa shape index (κ1) is 15.4. The molecule has 1 unspecified atom stereocenters. The molecule has 21 heavy (non-hydrogen) atoms. The molecule has 2 aromatic rings. The second kappa shape index (κ2) is 5.82. The third-order valence-electron chi connectivity index (χ3n) is 3.68. The van der Waals surface area contributed by atoms with Crippen molar-refractivity contribution in [1.29, 1.82) is 0 Å². The molecule has 112 valence electrons. The normalized spacial score (nSPS) is 12.3. The number of hydrogen-bond donors (Lipinski definition) is 1. The zero-order valence-corrected chi connectivity index (χ0v) is 12.6. The average Bonchev–Trinajstić information content (AvgIpc) is 2.43. The van der Waals surface area contributed by atoms with Gasteiger partial charge in [0.1, 0.15) is 17.4 Å². The van der Waals surface area contributed by atoms with E-state index in [1.54, 1.807) is 26.2 Å². The SMILES string of the molecule is COc1c(C)cc(C(N)c2c(F)ccc(C)c2F)cc1C. The highest BCUT2D eigenvalue weighted by Gasteiger charge is 2.21. The van der Waals surface area contributed by atoms with E-state index in [1.165, 1.54) is 12.1 Å². The van der Waals surface area contributed by atoms with Gasteiger partial charge in [0.2, 0.25) is 0 Å². The maximum absolute atomic E-state index is 14.2. The topological polar surface area (TPSA) is 35.2 Å². The Labute approximate surface area is 123 Å². The van der Waals surface area contributed by atoms with Gasteiger partial charge in [-0.2, -0.15) is 0 Å². The van der Waals surface area contributed by atoms with Gasteiger partial charge in [-0.1, -0.05) is 18.2 Å². The predicted molar refractivity (Wildman–Crippen MR) is 79.6 cm³/mol. The molecule has 0 saturated carbocycles. The lowest BCUT2D eigenvalue weighted by molar-refractivity contribution is 0.408. The van der Waals surface area contributed by atoms with Crippen molar-refractivity contribution in [2.75, 3.05) is 7.11 Å². The molecule has 0 aromatic heterocycles. The molecule has 4 heteroatoms. The number of benzene rings is 2. The van der Waals surface area contributed by atoms with Gasteiger partial charge in [0, 0.05) is 5.56 Å². The van der Waals surface area contributed by atoms with Gasteiger partial charge in [-0.3, -0.25) is 0 Å². The van der Waals surface area contributed by atoms with E-state index in [4.69, 9.17) is 10.5 Å². The number of ether oxygens (including phenoxy) is 1. The molecule has 0 radical (unpaired) electrons. The van der Waals surface area contributed by atoms with E-state index in [0.717, 1.165) is 16.9 Å². The third kappa shape index (κ3) is 2.76. The Hall–Kier alpha value is -1.94. The van der Waals surface area contributed by atoms with Gasteiger partial charge in [0.05, 0.1) is 13.2 Å². The molecule has 2 aromatic carbocycles. The first-order valence-corrected chi connectivity index (χ1v) is 6.72. The van der Waals surface area contributed by atoms with Crippen molar-refractivity contribution in [3.63, 3.8) is 0 Å². The Morgan fingerprint density at radius 3 is 2.10 bits per heavy atom. The molecule has 0 aliphatic rings. The van der Waals surface area contributed by atoms with E-state index in [2.05, 4.69) is 0 Å². The van der Waals surface area contributed by atoms with Crippen molar-refractivity contribution in [3.8, 4) is 5.75 Å². The molecular weight excluding hydrogens is 272 g/mol. The number of methoxy groups -OCH3 is 1. The summed E-state index contributed by atoms with van der Waals surface area (Å²) < 4.78 is 33.5. The van der Waals surface area contributed by atoms with E-state index >= 15 is 0 Å². The second-order valence-electron chi connectivity index (χ2n) is 5.26. The van der Waals surface area contributed by atoms with Crippen molar-refractivity contribution in [2.45, 2.75) is 26.8 Å². The summed E-state index contributed by atoms with van der Waals surface area (Å²) in [6.07, 6.45) is 0. The quantitative estimate of drug-likeness (QED) is 0.929. The molecule has 2 rings (SSSR count). The molecule has 2 N–H and O–H groups in total. The predicted octanol–water partition coefficient (Wildman–Crippen LogP) is 3.95. The molecule has 0 spiro atoms. The van der Waals surface area contributed by atoms with Crippen molar-refractivity contribution < 1.29 is 13.5 Å². The Balaban J connectivity index is 2.56. The molecule has 0 aliphatic heterocycles. The van der Waals surface area contributed by atoms with Crippen molar-refractivity contribution in [3.05, 3.63) is 63.7 Å². The molecule has 0 saturated heterocycles. The smallest absolute Gasteiger partial charge is 0.134 e. The highest BCUT2D eigenvalue weighted by Crippen LogP contribution is 2.31. The van der Waals surface area contributed by atoms with Gasteiger partial charge >= 0.3 is 0 Å². The van der Waals surface area contributed by atoms with Crippen LogP contribution in [0.2, 0.25) is 0 Å². The van der Waals surface area contributed by atoms with Crippen LogP contribution in [-0.4, -0.2) is 7.11 Å². The molecule has 0 bridgehead atoms. The third-order valence-corrected chi connectivity index (χ3v) is 3.68. The molecular formula is C17H19F2NO. The lowest BCUT2D eigenvalue weighted by Gasteiger charge is -2.18. The summed E-state index contributed by atoms with van der Waals surface area (Å²) in [4.78, 5) is 0. The van der Waals surface area contributed by atoms with Crippen molar-refractivity contribution >= 4 is 0 Å². The standard InChI is InChI=1S/C17H19F2NO/c1-9-5-6-13(18)14(15(9)19)16(20)12-7-10(2)17(21-4)11(3)8-12/h5-8,16H,20H2,1-4H3. The zero-order valence-electron chi connectivity index (χ0n) is 12.6. The first-order chi connectivity index (χ1) is 9.86. The summed E-state index contributed by atoms with van der Waals surface area (Å²) in [5.74, 6) is -0.457. The minimum atomic E-state index is -0.854. The van der Waals surface area contributed by atoms with Crippen LogP contribution in [0.4, 0.5) is 8.78 Å². The van der Waals surface area contributed by atoms with E-state index in [-0.39, 0.29) is 5.56 Å². The summed E-state index contributed by atoms with van der Waals surface area (Å²) in [6, 6.07) is 5.41. The fraction of sp³-hybridized carbons (Fsp3) is 0.294. The van der Waals surface area contributed by atoms with Crippen LogP contribution in [-0.2, 0) is 0 Å². The minimum Gasteiger partial charge on any atom is -0.496 e. The Bertz CT molecular complexity index is 660. The zero-order chi connectivity index (χ0) is 15.7. The largest absolute Gasteiger partial charge is 0.496 e.